The lowest BCUT2D eigenvalue weighted by atomic mass is 10.1. The van der Waals surface area contributed by atoms with Crippen molar-refractivity contribution in [3.05, 3.63) is 48.0 Å². The highest BCUT2D eigenvalue weighted by Gasteiger charge is 2.25. The van der Waals surface area contributed by atoms with Crippen LogP contribution in [0.4, 0.5) is 11.4 Å². The standard InChI is InChI=1S/C21H25N3O5S/c1-15-6-7-16(13-19(15)24-12-4-5-21(24)26)22-20(25)14-23(2)30(27,28)18-10-8-17(29-3)9-11-18/h6-11,13H,4-5,12,14H2,1-3H3,(H,22,25). The SMILES string of the molecule is COc1ccc(S(=O)(=O)N(C)CC(=O)Nc2ccc(C)c(N3CCCC3=O)c2)cc1. The van der Waals surface area contributed by atoms with Gasteiger partial charge in [0.25, 0.3) is 0 Å². The summed E-state index contributed by atoms with van der Waals surface area (Å²) in [4.78, 5) is 26.3. The van der Waals surface area contributed by atoms with Crippen LogP contribution in [0.5, 0.6) is 5.75 Å². The quantitative estimate of drug-likeness (QED) is 0.726. The van der Waals surface area contributed by atoms with Gasteiger partial charge >= 0.3 is 0 Å². The predicted octanol–water partition coefficient (Wildman–Crippen LogP) is 2.39. The summed E-state index contributed by atoms with van der Waals surface area (Å²) in [6.07, 6.45) is 1.33. The summed E-state index contributed by atoms with van der Waals surface area (Å²) >= 11 is 0. The number of nitrogens with zero attached hydrogens (tertiary/aromatic N) is 2. The molecule has 8 nitrogen and oxygen atoms in total. The van der Waals surface area contributed by atoms with E-state index in [-0.39, 0.29) is 17.3 Å². The van der Waals surface area contributed by atoms with Crippen LogP contribution in [-0.2, 0) is 19.6 Å². The highest BCUT2D eigenvalue weighted by molar-refractivity contribution is 7.89. The van der Waals surface area contributed by atoms with Gasteiger partial charge in [-0.3, -0.25) is 9.59 Å². The molecule has 1 fully saturated rings. The molecule has 1 saturated heterocycles. The highest BCUT2D eigenvalue weighted by Crippen LogP contribution is 2.28. The Morgan fingerprint density at radius 1 is 1.20 bits per heavy atom. The fourth-order valence-electron chi connectivity index (χ4n) is 3.30. The number of nitrogens with one attached hydrogen (secondary N) is 1. The van der Waals surface area contributed by atoms with Gasteiger partial charge in [-0.2, -0.15) is 4.31 Å². The summed E-state index contributed by atoms with van der Waals surface area (Å²) in [5.41, 5.74) is 2.20. The molecule has 0 aliphatic carbocycles. The molecule has 0 radical (unpaired) electrons. The third-order valence-electron chi connectivity index (χ3n) is 4.99. The lowest BCUT2D eigenvalue weighted by molar-refractivity contribution is -0.117. The van der Waals surface area contributed by atoms with Crippen LogP contribution >= 0.6 is 0 Å². The van der Waals surface area contributed by atoms with Gasteiger partial charge in [0, 0.05) is 31.4 Å². The summed E-state index contributed by atoms with van der Waals surface area (Å²) in [5.74, 6) is 0.130. The molecule has 30 heavy (non-hydrogen) atoms. The van der Waals surface area contributed by atoms with E-state index in [0.29, 0.717) is 24.4 Å². The smallest absolute Gasteiger partial charge is 0.243 e. The summed E-state index contributed by atoms with van der Waals surface area (Å²) in [7, 11) is -0.977. The minimum absolute atomic E-state index is 0.0619. The predicted molar refractivity (Wildman–Crippen MR) is 114 cm³/mol. The first-order chi connectivity index (χ1) is 14.2. The van der Waals surface area contributed by atoms with Crippen LogP contribution in [-0.4, -0.2) is 51.8 Å². The van der Waals surface area contributed by atoms with Crippen molar-refractivity contribution in [2.24, 2.45) is 0 Å². The van der Waals surface area contributed by atoms with E-state index in [0.717, 1.165) is 22.0 Å². The van der Waals surface area contributed by atoms with Gasteiger partial charge in [0.2, 0.25) is 21.8 Å². The maximum Gasteiger partial charge on any atom is 0.243 e. The zero-order valence-electron chi connectivity index (χ0n) is 17.2. The molecule has 9 heteroatoms. The number of aryl methyl sites for hydroxylation is 1. The van der Waals surface area contributed by atoms with E-state index in [1.54, 1.807) is 29.2 Å². The molecule has 160 valence electrons. The lowest BCUT2D eigenvalue weighted by Gasteiger charge is -2.20. The van der Waals surface area contributed by atoms with Crippen molar-refractivity contribution in [2.45, 2.75) is 24.7 Å². The number of hydrogen-bond acceptors (Lipinski definition) is 5. The molecule has 1 N–H and O–H groups in total. The van der Waals surface area contributed by atoms with Crippen molar-refractivity contribution >= 4 is 33.2 Å². The molecule has 0 atom stereocenters. The number of methoxy groups -OCH3 is 1. The molecule has 3 rings (SSSR count). The van der Waals surface area contributed by atoms with Crippen LogP contribution in [0.1, 0.15) is 18.4 Å². The van der Waals surface area contributed by atoms with E-state index < -0.39 is 15.9 Å². The van der Waals surface area contributed by atoms with Gasteiger partial charge in [-0.05, 0) is 55.3 Å². The van der Waals surface area contributed by atoms with Crippen LogP contribution < -0.4 is 15.0 Å². The molecule has 2 amide bonds. The number of rotatable bonds is 7. The average Bonchev–Trinajstić information content (AvgIpc) is 3.15. The topological polar surface area (TPSA) is 96.0 Å². The highest BCUT2D eigenvalue weighted by atomic mass is 32.2. The van der Waals surface area contributed by atoms with E-state index >= 15 is 0 Å². The Morgan fingerprint density at radius 2 is 1.90 bits per heavy atom. The summed E-state index contributed by atoms with van der Waals surface area (Å²) in [6.45, 7) is 2.21. The summed E-state index contributed by atoms with van der Waals surface area (Å²) in [5, 5.41) is 2.72. The van der Waals surface area contributed by atoms with Gasteiger partial charge < -0.3 is 15.0 Å². The van der Waals surface area contributed by atoms with E-state index in [4.69, 9.17) is 4.74 Å². The number of anilines is 2. The molecular weight excluding hydrogens is 406 g/mol. The Labute approximate surface area is 176 Å². The first-order valence-corrected chi connectivity index (χ1v) is 11.0. The van der Waals surface area contributed by atoms with Crippen LogP contribution in [0, 0.1) is 6.92 Å². The van der Waals surface area contributed by atoms with Crippen molar-refractivity contribution in [1.82, 2.24) is 4.31 Å². The monoisotopic (exact) mass is 431 g/mol. The third-order valence-corrected chi connectivity index (χ3v) is 6.81. The number of ether oxygens (including phenoxy) is 1. The number of carbonyl (C=O) groups is 2. The molecule has 0 spiro atoms. The molecule has 0 unspecified atom stereocenters. The minimum Gasteiger partial charge on any atom is -0.497 e. The number of sulfonamides is 1. The molecular formula is C21H25N3O5S. The van der Waals surface area contributed by atoms with Crippen LogP contribution in [0.2, 0.25) is 0 Å². The Kier molecular flexibility index (Phi) is 6.42. The first kappa shape index (κ1) is 21.8. The molecule has 0 bridgehead atoms. The molecule has 0 aromatic heterocycles. The minimum atomic E-state index is -3.82. The molecule has 0 saturated carbocycles. The average molecular weight is 432 g/mol. The van der Waals surface area contributed by atoms with Gasteiger partial charge in [-0.1, -0.05) is 6.07 Å². The van der Waals surface area contributed by atoms with Gasteiger partial charge in [0.15, 0.2) is 0 Å². The van der Waals surface area contributed by atoms with E-state index in [1.165, 1.54) is 26.3 Å². The van der Waals surface area contributed by atoms with E-state index in [2.05, 4.69) is 5.32 Å². The lowest BCUT2D eigenvalue weighted by Crippen LogP contribution is -2.35. The number of hydrogen-bond donors (Lipinski definition) is 1. The Bertz CT molecular complexity index is 1050. The Morgan fingerprint density at radius 3 is 2.50 bits per heavy atom. The zero-order valence-corrected chi connectivity index (χ0v) is 18.0. The normalized spacial score (nSPS) is 14.3. The number of likely N-dealkylation sites (N-methyl/N-ethyl adjacent to an activating group) is 1. The second-order valence-electron chi connectivity index (χ2n) is 7.13. The molecule has 2 aromatic carbocycles. The van der Waals surface area contributed by atoms with Gasteiger partial charge in [-0.15, -0.1) is 0 Å². The third kappa shape index (κ3) is 4.63. The summed E-state index contributed by atoms with van der Waals surface area (Å²) in [6, 6.07) is 11.3. The largest absolute Gasteiger partial charge is 0.497 e. The van der Waals surface area contributed by atoms with Gasteiger partial charge in [0.05, 0.1) is 18.6 Å². The maximum atomic E-state index is 12.7. The fraction of sp³-hybridized carbons (Fsp3) is 0.333. The van der Waals surface area contributed by atoms with Crippen molar-refractivity contribution in [3.8, 4) is 5.75 Å². The number of amides is 2. The first-order valence-electron chi connectivity index (χ1n) is 9.53. The molecule has 1 aliphatic heterocycles. The van der Waals surface area contributed by atoms with Crippen LogP contribution in [0.15, 0.2) is 47.4 Å². The maximum absolute atomic E-state index is 12.7. The molecule has 2 aromatic rings. The zero-order chi connectivity index (χ0) is 21.9. The second-order valence-corrected chi connectivity index (χ2v) is 9.18. The fourth-order valence-corrected chi connectivity index (χ4v) is 4.42. The van der Waals surface area contributed by atoms with Crippen LogP contribution in [0.25, 0.3) is 0 Å². The van der Waals surface area contributed by atoms with Crippen molar-refractivity contribution in [1.29, 1.82) is 0 Å². The number of benzene rings is 2. The van der Waals surface area contributed by atoms with Crippen molar-refractivity contribution in [3.63, 3.8) is 0 Å². The molecule has 1 heterocycles. The Balaban J connectivity index is 1.69. The Hall–Kier alpha value is -2.91. The summed E-state index contributed by atoms with van der Waals surface area (Å²) < 4.78 is 31.4. The van der Waals surface area contributed by atoms with Crippen LogP contribution in [0.3, 0.4) is 0 Å². The molecule has 1 aliphatic rings. The van der Waals surface area contributed by atoms with Crippen molar-refractivity contribution in [2.75, 3.05) is 37.5 Å². The van der Waals surface area contributed by atoms with Gasteiger partial charge in [-0.25, -0.2) is 8.42 Å². The van der Waals surface area contributed by atoms with E-state index in [1.807, 2.05) is 13.0 Å². The number of carbonyl (C=O) groups excluding carboxylic acids is 2. The second kappa shape index (κ2) is 8.85. The van der Waals surface area contributed by atoms with E-state index in [9.17, 15) is 18.0 Å². The van der Waals surface area contributed by atoms with Crippen molar-refractivity contribution < 1.29 is 22.7 Å². The van der Waals surface area contributed by atoms with Gasteiger partial charge in [0.1, 0.15) is 5.75 Å².